The molecule has 4 rings (SSSR count). The average Bonchev–Trinajstić information content (AvgIpc) is 3.01. The van der Waals surface area contributed by atoms with E-state index in [9.17, 15) is 13.2 Å². The number of hydrogen-bond donors (Lipinski definition) is 1. The topological polar surface area (TPSA) is 76.8 Å². The van der Waals surface area contributed by atoms with Crippen molar-refractivity contribution >= 4 is 17.5 Å². The van der Waals surface area contributed by atoms with Gasteiger partial charge in [-0.3, -0.25) is 0 Å². The molecule has 136 valence electrons. The summed E-state index contributed by atoms with van der Waals surface area (Å²) in [5.74, 6) is 0. The zero-order chi connectivity index (χ0) is 17.6. The number of thioether (sulfide) groups is 1. The van der Waals surface area contributed by atoms with Crippen molar-refractivity contribution in [2.24, 2.45) is 5.16 Å². The van der Waals surface area contributed by atoms with Crippen LogP contribution in [0.25, 0.3) is 0 Å². The van der Waals surface area contributed by atoms with Crippen LogP contribution in [0.15, 0.2) is 10.3 Å². The molecule has 3 atom stereocenters. The second-order valence-corrected chi connectivity index (χ2v) is 7.48. The van der Waals surface area contributed by atoms with E-state index in [0.29, 0.717) is 37.3 Å². The lowest BCUT2D eigenvalue weighted by atomic mass is 9.94. The second-order valence-electron chi connectivity index (χ2n) is 6.28. The number of ether oxygens (including phenoxy) is 2. The van der Waals surface area contributed by atoms with Crippen LogP contribution >= 0.6 is 11.8 Å². The van der Waals surface area contributed by atoms with Crippen LogP contribution in [0.3, 0.4) is 0 Å². The van der Waals surface area contributed by atoms with E-state index in [1.165, 1.54) is 0 Å². The Hall–Kier alpha value is -1.39. The molecule has 2 aliphatic heterocycles. The minimum atomic E-state index is -4.50. The molecule has 1 aromatic heterocycles. The van der Waals surface area contributed by atoms with Crippen molar-refractivity contribution in [2.75, 3.05) is 6.61 Å². The summed E-state index contributed by atoms with van der Waals surface area (Å²) in [6, 6.07) is 0. The van der Waals surface area contributed by atoms with Gasteiger partial charge in [-0.05, 0) is 25.7 Å². The number of aromatic nitrogens is 2. The fourth-order valence-electron chi connectivity index (χ4n) is 3.42. The van der Waals surface area contributed by atoms with Crippen LogP contribution in [0.5, 0.6) is 0 Å². The number of alkyl halides is 3. The lowest BCUT2D eigenvalue weighted by molar-refractivity contribution is -0.142. The Kier molecular flexibility index (Phi) is 4.37. The number of hydrogen-bond acceptors (Lipinski definition) is 7. The summed E-state index contributed by atoms with van der Waals surface area (Å²) in [6.07, 6.45) is -2.64. The smallest absolute Gasteiger partial charge is 0.411 e. The molecule has 1 N–H and O–H groups in total. The van der Waals surface area contributed by atoms with Crippen LogP contribution < -0.4 is 0 Å². The summed E-state index contributed by atoms with van der Waals surface area (Å²) in [5, 5.41) is 12.1. The van der Waals surface area contributed by atoms with Crippen molar-refractivity contribution in [3.05, 3.63) is 17.0 Å². The maximum Gasteiger partial charge on any atom is 0.433 e. The third-order valence-electron chi connectivity index (χ3n) is 4.62. The van der Waals surface area contributed by atoms with Gasteiger partial charge in [0.1, 0.15) is 5.71 Å². The summed E-state index contributed by atoms with van der Waals surface area (Å²) < 4.78 is 51.2. The van der Waals surface area contributed by atoms with Gasteiger partial charge in [-0.25, -0.2) is 9.97 Å². The molecule has 0 amide bonds. The molecular weight excluding hydrogens is 359 g/mol. The molecule has 3 unspecified atom stereocenters. The normalized spacial score (nSPS) is 30.5. The van der Waals surface area contributed by atoms with Gasteiger partial charge in [0, 0.05) is 22.9 Å². The molecule has 3 aliphatic rings. The van der Waals surface area contributed by atoms with Gasteiger partial charge in [-0.2, -0.15) is 13.2 Å². The lowest BCUT2D eigenvalue weighted by Gasteiger charge is -2.27. The average molecular weight is 375 g/mol. The van der Waals surface area contributed by atoms with E-state index >= 15 is 0 Å². The first kappa shape index (κ1) is 17.0. The molecule has 0 saturated carbocycles. The van der Waals surface area contributed by atoms with Gasteiger partial charge >= 0.3 is 6.18 Å². The summed E-state index contributed by atoms with van der Waals surface area (Å²) in [4.78, 5) is 8.18. The molecule has 0 radical (unpaired) electrons. The first-order chi connectivity index (χ1) is 12.0. The summed E-state index contributed by atoms with van der Waals surface area (Å²) in [6.45, 7) is 0.304. The Labute approximate surface area is 145 Å². The maximum absolute atomic E-state index is 13.4. The highest BCUT2D eigenvalue weighted by Gasteiger charge is 2.44. The first-order valence-electron chi connectivity index (χ1n) is 8.07. The van der Waals surface area contributed by atoms with Crippen molar-refractivity contribution in [3.63, 3.8) is 0 Å². The largest absolute Gasteiger partial charge is 0.433 e. The summed E-state index contributed by atoms with van der Waals surface area (Å²) >= 11 is 1.13. The first-order valence-corrected chi connectivity index (χ1v) is 8.95. The molecule has 2 saturated heterocycles. The monoisotopic (exact) mass is 375 g/mol. The standard InChI is InChI=1S/C15H16F3N3O3S/c16-15(17,18)12-7-3-1-2-4-8(7)19-14(20-12)25-11-5-9(21-22)13-23-6-10(11)24-13/h10-11,13,22H,1-6H2/b21-9+. The predicted molar refractivity (Wildman–Crippen MR) is 81.8 cm³/mol. The Morgan fingerprint density at radius 3 is 2.76 bits per heavy atom. The van der Waals surface area contributed by atoms with Gasteiger partial charge in [0.25, 0.3) is 0 Å². The van der Waals surface area contributed by atoms with Crippen LogP contribution in [-0.2, 0) is 28.5 Å². The van der Waals surface area contributed by atoms with Crippen LogP contribution in [-0.4, -0.2) is 45.1 Å². The zero-order valence-electron chi connectivity index (χ0n) is 13.1. The maximum atomic E-state index is 13.4. The Morgan fingerprint density at radius 2 is 2.00 bits per heavy atom. The van der Waals surface area contributed by atoms with Gasteiger partial charge in [-0.15, -0.1) is 0 Å². The minimum Gasteiger partial charge on any atom is -0.411 e. The van der Waals surface area contributed by atoms with Crippen molar-refractivity contribution in [3.8, 4) is 0 Å². The lowest BCUT2D eigenvalue weighted by Crippen LogP contribution is -2.37. The van der Waals surface area contributed by atoms with Crippen LogP contribution in [0.2, 0.25) is 0 Å². The van der Waals surface area contributed by atoms with E-state index in [0.717, 1.165) is 24.6 Å². The highest BCUT2D eigenvalue weighted by atomic mass is 32.2. The Bertz CT molecular complexity index is 713. The van der Waals surface area contributed by atoms with E-state index in [1.807, 2.05) is 0 Å². The minimum absolute atomic E-state index is 0.0872. The molecular formula is C15H16F3N3O3S. The quantitative estimate of drug-likeness (QED) is 0.487. The third-order valence-corrected chi connectivity index (χ3v) is 5.79. The van der Waals surface area contributed by atoms with Gasteiger partial charge in [0.15, 0.2) is 10.9 Å². The second kappa shape index (κ2) is 6.40. The van der Waals surface area contributed by atoms with Crippen LogP contribution in [0, 0.1) is 0 Å². The number of fused-ring (bicyclic) bond motifs is 3. The number of nitrogens with zero attached hydrogens (tertiary/aromatic N) is 3. The van der Waals surface area contributed by atoms with Gasteiger partial charge in [-0.1, -0.05) is 16.9 Å². The third kappa shape index (κ3) is 3.22. The fourth-order valence-corrected chi connectivity index (χ4v) is 4.55. The van der Waals surface area contributed by atoms with Gasteiger partial charge < -0.3 is 14.7 Å². The number of aryl methyl sites for hydroxylation is 1. The SMILES string of the molecule is O/N=C1\CC(Sc2nc3c(c(C(F)(F)F)n2)CCCC3)C2COC1O2. The number of halogens is 3. The van der Waals surface area contributed by atoms with Crippen molar-refractivity contribution in [2.45, 2.75) is 61.1 Å². The number of oxime groups is 1. The highest BCUT2D eigenvalue weighted by molar-refractivity contribution is 7.99. The molecule has 25 heavy (non-hydrogen) atoms. The Balaban J connectivity index is 1.64. The van der Waals surface area contributed by atoms with Crippen molar-refractivity contribution < 1.29 is 27.9 Å². The van der Waals surface area contributed by atoms with E-state index in [-0.39, 0.29) is 22.1 Å². The van der Waals surface area contributed by atoms with Crippen molar-refractivity contribution in [1.82, 2.24) is 9.97 Å². The summed E-state index contributed by atoms with van der Waals surface area (Å²) in [5.41, 5.74) is 0.225. The molecule has 6 nitrogen and oxygen atoms in total. The molecule has 1 aliphatic carbocycles. The molecule has 1 aromatic rings. The van der Waals surface area contributed by atoms with Gasteiger partial charge in [0.2, 0.25) is 6.29 Å². The fraction of sp³-hybridized carbons (Fsp3) is 0.667. The highest BCUT2D eigenvalue weighted by Crippen LogP contribution is 2.39. The van der Waals surface area contributed by atoms with Crippen LogP contribution in [0.1, 0.15) is 36.2 Å². The van der Waals surface area contributed by atoms with E-state index in [1.54, 1.807) is 0 Å². The summed E-state index contributed by atoms with van der Waals surface area (Å²) in [7, 11) is 0. The van der Waals surface area contributed by atoms with E-state index in [4.69, 9.17) is 14.7 Å². The van der Waals surface area contributed by atoms with Crippen LogP contribution in [0.4, 0.5) is 13.2 Å². The van der Waals surface area contributed by atoms with Crippen molar-refractivity contribution in [1.29, 1.82) is 0 Å². The Morgan fingerprint density at radius 1 is 1.20 bits per heavy atom. The molecule has 3 heterocycles. The molecule has 2 bridgehead atoms. The molecule has 0 spiro atoms. The predicted octanol–water partition coefficient (Wildman–Crippen LogP) is 2.81. The van der Waals surface area contributed by atoms with Gasteiger partial charge in [0.05, 0.1) is 12.7 Å². The van der Waals surface area contributed by atoms with E-state index in [2.05, 4.69) is 15.1 Å². The number of rotatable bonds is 2. The molecule has 10 heteroatoms. The zero-order valence-corrected chi connectivity index (χ0v) is 13.9. The molecule has 2 fully saturated rings. The van der Waals surface area contributed by atoms with E-state index < -0.39 is 18.2 Å². The molecule has 0 aromatic carbocycles.